The van der Waals surface area contributed by atoms with E-state index in [1.807, 2.05) is 48.5 Å². The van der Waals surface area contributed by atoms with E-state index in [1.165, 1.54) is 4.68 Å². The fourth-order valence-electron chi connectivity index (χ4n) is 2.36. The van der Waals surface area contributed by atoms with Crippen molar-refractivity contribution in [1.29, 1.82) is 5.26 Å². The number of hydrogen-bond acceptors (Lipinski definition) is 4. The molecule has 1 amide bonds. The van der Waals surface area contributed by atoms with Crippen LogP contribution in [0, 0.1) is 11.3 Å². The Hall–Kier alpha value is -3.33. The molecule has 6 nitrogen and oxygen atoms in total. The molecule has 120 valence electrons. The smallest absolute Gasteiger partial charge is 0.266 e. The maximum Gasteiger partial charge on any atom is 0.266 e. The minimum Gasteiger partial charge on any atom is -0.480 e. The van der Waals surface area contributed by atoms with Gasteiger partial charge < -0.3 is 10.1 Å². The highest BCUT2D eigenvalue weighted by molar-refractivity contribution is 5.94. The summed E-state index contributed by atoms with van der Waals surface area (Å²) in [6.45, 7) is 1.82. The molecule has 0 aliphatic rings. The lowest BCUT2D eigenvalue weighted by Crippen LogP contribution is -2.30. The first-order chi connectivity index (χ1) is 11.7. The molecule has 1 N–H and O–H groups in total. The summed E-state index contributed by atoms with van der Waals surface area (Å²) in [5, 5.41) is 17.4. The number of rotatable bonds is 5. The third-order valence-corrected chi connectivity index (χ3v) is 3.55. The average Bonchev–Trinajstić information content (AvgIpc) is 3.02. The number of nitriles is 1. The van der Waals surface area contributed by atoms with Crippen LogP contribution in [0.25, 0.3) is 10.8 Å². The molecular formula is C18H16N4O2. The van der Waals surface area contributed by atoms with Crippen molar-refractivity contribution in [3.63, 3.8) is 0 Å². The molecular weight excluding hydrogens is 304 g/mol. The molecule has 3 rings (SSSR count). The van der Waals surface area contributed by atoms with Crippen LogP contribution >= 0.6 is 0 Å². The zero-order valence-electron chi connectivity index (χ0n) is 13.1. The lowest BCUT2D eigenvalue weighted by Gasteiger charge is -2.15. The fourth-order valence-corrected chi connectivity index (χ4v) is 2.36. The summed E-state index contributed by atoms with van der Waals surface area (Å²) in [5.41, 5.74) is 0. The van der Waals surface area contributed by atoms with Gasteiger partial charge in [-0.15, -0.1) is 0 Å². The zero-order valence-corrected chi connectivity index (χ0v) is 13.1. The van der Waals surface area contributed by atoms with Crippen molar-refractivity contribution < 1.29 is 9.53 Å². The monoisotopic (exact) mass is 320 g/mol. The number of ether oxygens (including phenoxy) is 1. The number of carbonyl (C=O) groups is 1. The van der Waals surface area contributed by atoms with Gasteiger partial charge in [-0.1, -0.05) is 36.4 Å². The van der Waals surface area contributed by atoms with Gasteiger partial charge in [0.15, 0.2) is 11.9 Å². The van der Waals surface area contributed by atoms with E-state index in [0.29, 0.717) is 11.6 Å². The van der Waals surface area contributed by atoms with Gasteiger partial charge in [-0.2, -0.15) is 10.4 Å². The number of hydrogen-bond donors (Lipinski definition) is 1. The number of amides is 1. The molecule has 0 aliphatic heterocycles. The van der Waals surface area contributed by atoms with Gasteiger partial charge in [0, 0.05) is 17.6 Å². The predicted molar refractivity (Wildman–Crippen MR) is 90.5 cm³/mol. The predicted octanol–water partition coefficient (Wildman–Crippen LogP) is 2.97. The van der Waals surface area contributed by atoms with Crippen molar-refractivity contribution in [2.45, 2.75) is 19.6 Å². The largest absolute Gasteiger partial charge is 0.480 e. The lowest BCUT2D eigenvalue weighted by atomic mass is 10.1. The number of aromatic nitrogens is 2. The molecule has 0 saturated heterocycles. The average molecular weight is 320 g/mol. The van der Waals surface area contributed by atoms with E-state index < -0.39 is 6.10 Å². The summed E-state index contributed by atoms with van der Waals surface area (Å²) in [4.78, 5) is 12.3. The van der Waals surface area contributed by atoms with E-state index in [-0.39, 0.29) is 12.5 Å². The first-order valence-electron chi connectivity index (χ1n) is 7.53. The molecule has 0 saturated carbocycles. The summed E-state index contributed by atoms with van der Waals surface area (Å²) in [5.74, 6) is 0.750. The Labute approximate surface area is 139 Å². The van der Waals surface area contributed by atoms with Crippen molar-refractivity contribution in [3.8, 4) is 11.8 Å². The van der Waals surface area contributed by atoms with Crippen LogP contribution in [0.15, 0.2) is 54.7 Å². The summed E-state index contributed by atoms with van der Waals surface area (Å²) in [7, 11) is 0. The topological polar surface area (TPSA) is 79.9 Å². The van der Waals surface area contributed by atoms with Crippen molar-refractivity contribution in [3.05, 3.63) is 54.7 Å². The highest BCUT2D eigenvalue weighted by atomic mass is 16.5. The summed E-state index contributed by atoms with van der Waals surface area (Å²) in [6, 6.07) is 17.2. The van der Waals surface area contributed by atoms with Crippen LogP contribution in [0.2, 0.25) is 0 Å². The third kappa shape index (κ3) is 3.36. The Bertz CT molecular complexity index is 905. The molecule has 0 bridgehead atoms. The molecule has 1 atom stereocenters. The summed E-state index contributed by atoms with van der Waals surface area (Å²) in [6.07, 6.45) is 0.951. The summed E-state index contributed by atoms with van der Waals surface area (Å²) < 4.78 is 7.27. The maximum absolute atomic E-state index is 12.3. The molecule has 0 spiro atoms. The Balaban J connectivity index is 1.70. The molecule has 0 fully saturated rings. The third-order valence-electron chi connectivity index (χ3n) is 3.55. The van der Waals surface area contributed by atoms with Crippen LogP contribution in [0.1, 0.15) is 6.92 Å². The Morgan fingerprint density at radius 3 is 2.92 bits per heavy atom. The maximum atomic E-state index is 12.3. The molecule has 1 heterocycles. The van der Waals surface area contributed by atoms with Gasteiger partial charge in [-0.25, -0.2) is 0 Å². The van der Waals surface area contributed by atoms with Gasteiger partial charge in [0.05, 0.1) is 6.07 Å². The first-order valence-corrected chi connectivity index (χ1v) is 7.53. The van der Waals surface area contributed by atoms with Gasteiger partial charge in [-0.05, 0) is 18.4 Å². The Kier molecular flexibility index (Phi) is 4.43. The molecule has 2 aromatic carbocycles. The van der Waals surface area contributed by atoms with Crippen LogP contribution in [0.5, 0.6) is 5.75 Å². The number of benzene rings is 2. The second-order valence-corrected chi connectivity index (χ2v) is 5.28. The van der Waals surface area contributed by atoms with Crippen molar-refractivity contribution in [2.24, 2.45) is 0 Å². The second kappa shape index (κ2) is 6.84. The summed E-state index contributed by atoms with van der Waals surface area (Å²) >= 11 is 0. The van der Waals surface area contributed by atoms with Crippen LogP contribution < -0.4 is 10.1 Å². The molecule has 1 unspecified atom stereocenters. The second-order valence-electron chi connectivity index (χ2n) is 5.28. The van der Waals surface area contributed by atoms with Gasteiger partial charge >= 0.3 is 0 Å². The van der Waals surface area contributed by atoms with E-state index in [2.05, 4.69) is 10.4 Å². The zero-order chi connectivity index (χ0) is 16.9. The van der Waals surface area contributed by atoms with E-state index in [1.54, 1.807) is 19.2 Å². The number of anilines is 1. The molecule has 0 radical (unpaired) electrons. The molecule has 24 heavy (non-hydrogen) atoms. The number of nitrogens with zero attached hydrogens (tertiary/aromatic N) is 3. The van der Waals surface area contributed by atoms with Crippen LogP contribution in [0.3, 0.4) is 0 Å². The van der Waals surface area contributed by atoms with Crippen molar-refractivity contribution in [2.75, 3.05) is 5.32 Å². The molecule has 3 aromatic rings. The molecule has 0 aliphatic carbocycles. The lowest BCUT2D eigenvalue weighted by molar-refractivity contribution is -0.122. The van der Waals surface area contributed by atoms with Crippen LogP contribution in [-0.4, -0.2) is 21.8 Å². The van der Waals surface area contributed by atoms with Gasteiger partial charge in [0.25, 0.3) is 5.91 Å². The molecule has 1 aromatic heterocycles. The number of fused-ring (bicyclic) bond motifs is 1. The van der Waals surface area contributed by atoms with E-state index in [9.17, 15) is 4.79 Å². The van der Waals surface area contributed by atoms with E-state index in [0.717, 1.165) is 10.8 Å². The standard InChI is InChI=1S/C18H16N4O2/c1-13(18(23)20-17-9-11-22(21-17)12-10-19)24-16-8-4-6-14-5-2-3-7-15(14)16/h2-9,11,13H,12H2,1H3,(H,20,21,23). The highest BCUT2D eigenvalue weighted by Crippen LogP contribution is 2.26. The van der Waals surface area contributed by atoms with E-state index >= 15 is 0 Å². The molecule has 6 heteroatoms. The Morgan fingerprint density at radius 2 is 2.08 bits per heavy atom. The SMILES string of the molecule is CC(Oc1cccc2ccccc12)C(=O)Nc1ccn(CC#N)n1. The fraction of sp³-hybridized carbons (Fsp3) is 0.167. The van der Waals surface area contributed by atoms with Gasteiger partial charge in [-0.3, -0.25) is 9.48 Å². The first kappa shape index (κ1) is 15.6. The van der Waals surface area contributed by atoms with Gasteiger partial charge in [0.2, 0.25) is 0 Å². The van der Waals surface area contributed by atoms with Gasteiger partial charge in [0.1, 0.15) is 12.3 Å². The number of nitrogens with one attached hydrogen (secondary N) is 1. The van der Waals surface area contributed by atoms with Crippen LogP contribution in [-0.2, 0) is 11.3 Å². The van der Waals surface area contributed by atoms with Crippen molar-refractivity contribution >= 4 is 22.5 Å². The highest BCUT2D eigenvalue weighted by Gasteiger charge is 2.17. The number of carbonyl (C=O) groups excluding carboxylic acids is 1. The minimum absolute atomic E-state index is 0.137. The minimum atomic E-state index is -0.683. The normalized spacial score (nSPS) is 11.7. The Morgan fingerprint density at radius 1 is 1.29 bits per heavy atom. The van der Waals surface area contributed by atoms with Crippen molar-refractivity contribution in [1.82, 2.24) is 9.78 Å². The quantitative estimate of drug-likeness (QED) is 0.784. The van der Waals surface area contributed by atoms with E-state index in [4.69, 9.17) is 10.00 Å². The van der Waals surface area contributed by atoms with Crippen LogP contribution in [0.4, 0.5) is 5.82 Å².